The van der Waals surface area contributed by atoms with E-state index in [4.69, 9.17) is 5.73 Å². The molecule has 2 N–H and O–H groups in total. The number of nitrogen functional groups attached to an aromatic ring is 1. The molecule has 2 aromatic rings. The molecule has 4 nitrogen and oxygen atoms in total. The van der Waals surface area contributed by atoms with E-state index in [9.17, 15) is 0 Å². The van der Waals surface area contributed by atoms with Gasteiger partial charge in [-0.3, -0.25) is 0 Å². The molecule has 0 radical (unpaired) electrons. The lowest BCUT2D eigenvalue weighted by atomic mass is 10.2. The van der Waals surface area contributed by atoms with Crippen LogP contribution in [0.2, 0.25) is 0 Å². The molecule has 0 aliphatic heterocycles. The maximum absolute atomic E-state index is 5.73. The summed E-state index contributed by atoms with van der Waals surface area (Å²) in [4.78, 5) is 0. The van der Waals surface area contributed by atoms with Gasteiger partial charge in [0.2, 0.25) is 0 Å². The number of rotatable bonds is 3. The highest BCUT2D eigenvalue weighted by molar-refractivity contribution is 5.60. The number of anilines is 1. The summed E-state index contributed by atoms with van der Waals surface area (Å²) in [6.07, 6.45) is 2.81. The number of hydrogen-bond acceptors (Lipinski definition) is 3. The molecule has 0 saturated carbocycles. The van der Waals surface area contributed by atoms with Gasteiger partial charge in [-0.05, 0) is 18.6 Å². The molecular formula is C11H14N4. The molecule has 0 bridgehead atoms. The van der Waals surface area contributed by atoms with Crippen LogP contribution in [0.15, 0.2) is 30.6 Å². The van der Waals surface area contributed by atoms with E-state index in [2.05, 4.69) is 17.1 Å². The van der Waals surface area contributed by atoms with Gasteiger partial charge in [-0.25, -0.2) is 0 Å². The van der Waals surface area contributed by atoms with Gasteiger partial charge < -0.3 is 10.3 Å². The first-order chi connectivity index (χ1) is 7.31. The zero-order valence-electron chi connectivity index (χ0n) is 8.72. The summed E-state index contributed by atoms with van der Waals surface area (Å²) < 4.78 is 2.04. The van der Waals surface area contributed by atoms with Gasteiger partial charge in [-0.1, -0.05) is 19.1 Å². The zero-order valence-corrected chi connectivity index (χ0v) is 8.72. The lowest BCUT2D eigenvalue weighted by Crippen LogP contribution is -1.98. The molecule has 0 aliphatic rings. The third-order valence-corrected chi connectivity index (χ3v) is 2.22. The van der Waals surface area contributed by atoms with Gasteiger partial charge in [0.25, 0.3) is 0 Å². The fourth-order valence-corrected chi connectivity index (χ4v) is 1.56. The number of benzene rings is 1. The van der Waals surface area contributed by atoms with Crippen LogP contribution < -0.4 is 5.73 Å². The first kappa shape index (κ1) is 9.71. The minimum Gasteiger partial charge on any atom is -0.399 e. The van der Waals surface area contributed by atoms with Crippen molar-refractivity contribution in [2.45, 2.75) is 19.9 Å². The highest BCUT2D eigenvalue weighted by Gasteiger charge is 2.05. The van der Waals surface area contributed by atoms with Crippen molar-refractivity contribution in [2.75, 3.05) is 5.73 Å². The summed E-state index contributed by atoms with van der Waals surface area (Å²) in [5.74, 6) is 0.879. The quantitative estimate of drug-likeness (QED) is 0.774. The van der Waals surface area contributed by atoms with E-state index in [0.29, 0.717) is 0 Å². The van der Waals surface area contributed by atoms with Gasteiger partial charge in [0, 0.05) is 17.8 Å². The van der Waals surface area contributed by atoms with Crippen molar-refractivity contribution in [3.63, 3.8) is 0 Å². The van der Waals surface area contributed by atoms with Crippen LogP contribution in [0.3, 0.4) is 0 Å². The fraction of sp³-hybridized carbons (Fsp3) is 0.273. The summed E-state index contributed by atoms with van der Waals surface area (Å²) >= 11 is 0. The van der Waals surface area contributed by atoms with Crippen LogP contribution in [-0.4, -0.2) is 14.8 Å². The standard InChI is InChI=1S/C11H14N4/c1-2-6-15-8-13-14-11(15)9-4-3-5-10(12)7-9/h3-5,7-8H,2,6,12H2,1H3. The van der Waals surface area contributed by atoms with Gasteiger partial charge in [-0.2, -0.15) is 0 Å². The Morgan fingerprint density at radius 2 is 2.27 bits per heavy atom. The molecule has 0 fully saturated rings. The van der Waals surface area contributed by atoms with Crippen molar-refractivity contribution in [2.24, 2.45) is 0 Å². The summed E-state index contributed by atoms with van der Waals surface area (Å²) in [7, 11) is 0. The van der Waals surface area contributed by atoms with E-state index in [1.165, 1.54) is 0 Å². The lowest BCUT2D eigenvalue weighted by Gasteiger charge is -2.04. The van der Waals surface area contributed by atoms with E-state index in [0.717, 1.165) is 30.0 Å². The molecule has 78 valence electrons. The SMILES string of the molecule is CCCn1cnnc1-c1cccc(N)c1. The number of hydrogen-bond donors (Lipinski definition) is 1. The molecule has 4 heteroatoms. The van der Waals surface area contributed by atoms with Crippen molar-refractivity contribution < 1.29 is 0 Å². The molecule has 0 amide bonds. The zero-order chi connectivity index (χ0) is 10.7. The fourth-order valence-electron chi connectivity index (χ4n) is 1.56. The summed E-state index contributed by atoms with van der Waals surface area (Å²) in [6.45, 7) is 3.06. The second kappa shape index (κ2) is 4.13. The highest BCUT2D eigenvalue weighted by Crippen LogP contribution is 2.19. The maximum atomic E-state index is 5.73. The topological polar surface area (TPSA) is 56.7 Å². The summed E-state index contributed by atoms with van der Waals surface area (Å²) in [5.41, 5.74) is 7.49. The Morgan fingerprint density at radius 1 is 1.40 bits per heavy atom. The monoisotopic (exact) mass is 202 g/mol. The summed E-state index contributed by atoms with van der Waals surface area (Å²) in [6, 6.07) is 7.70. The predicted octanol–water partition coefficient (Wildman–Crippen LogP) is 1.94. The van der Waals surface area contributed by atoms with Gasteiger partial charge in [0.15, 0.2) is 5.82 Å². The third kappa shape index (κ3) is 1.98. The van der Waals surface area contributed by atoms with Crippen LogP contribution in [0.25, 0.3) is 11.4 Å². The van der Waals surface area contributed by atoms with Crippen molar-refractivity contribution in [1.29, 1.82) is 0 Å². The highest BCUT2D eigenvalue weighted by atomic mass is 15.3. The second-order valence-corrected chi connectivity index (χ2v) is 3.47. The van der Waals surface area contributed by atoms with E-state index in [-0.39, 0.29) is 0 Å². The normalized spacial score (nSPS) is 10.5. The average molecular weight is 202 g/mol. The molecule has 1 aromatic heterocycles. The second-order valence-electron chi connectivity index (χ2n) is 3.47. The van der Waals surface area contributed by atoms with Crippen LogP contribution in [0.4, 0.5) is 5.69 Å². The molecule has 0 atom stereocenters. The first-order valence-corrected chi connectivity index (χ1v) is 5.05. The Kier molecular flexibility index (Phi) is 2.67. The Balaban J connectivity index is 2.40. The van der Waals surface area contributed by atoms with Crippen LogP contribution in [0.1, 0.15) is 13.3 Å². The van der Waals surface area contributed by atoms with Crippen molar-refractivity contribution >= 4 is 5.69 Å². The van der Waals surface area contributed by atoms with E-state index in [1.54, 1.807) is 6.33 Å². The van der Waals surface area contributed by atoms with Gasteiger partial charge in [0.05, 0.1) is 0 Å². The van der Waals surface area contributed by atoms with Crippen molar-refractivity contribution in [3.05, 3.63) is 30.6 Å². The van der Waals surface area contributed by atoms with Gasteiger partial charge >= 0.3 is 0 Å². The molecule has 1 aromatic carbocycles. The van der Waals surface area contributed by atoms with Crippen molar-refractivity contribution in [3.8, 4) is 11.4 Å². The van der Waals surface area contributed by atoms with Gasteiger partial charge in [0.1, 0.15) is 6.33 Å². The molecule has 15 heavy (non-hydrogen) atoms. The smallest absolute Gasteiger partial charge is 0.163 e. The Morgan fingerprint density at radius 3 is 3.00 bits per heavy atom. The Bertz CT molecular complexity index is 447. The van der Waals surface area contributed by atoms with Crippen LogP contribution in [0, 0.1) is 0 Å². The van der Waals surface area contributed by atoms with Crippen molar-refractivity contribution in [1.82, 2.24) is 14.8 Å². The predicted molar refractivity (Wildman–Crippen MR) is 60.2 cm³/mol. The largest absolute Gasteiger partial charge is 0.399 e. The summed E-state index contributed by atoms with van der Waals surface area (Å²) in [5, 5.41) is 8.02. The maximum Gasteiger partial charge on any atom is 0.163 e. The van der Waals surface area contributed by atoms with Gasteiger partial charge in [-0.15, -0.1) is 10.2 Å². The first-order valence-electron chi connectivity index (χ1n) is 5.05. The average Bonchev–Trinajstić information content (AvgIpc) is 2.66. The lowest BCUT2D eigenvalue weighted by molar-refractivity contribution is 0.683. The number of aromatic nitrogens is 3. The third-order valence-electron chi connectivity index (χ3n) is 2.22. The Hall–Kier alpha value is -1.84. The van der Waals surface area contributed by atoms with Crippen LogP contribution in [0.5, 0.6) is 0 Å². The number of aryl methyl sites for hydroxylation is 1. The molecule has 0 unspecified atom stereocenters. The van der Waals surface area contributed by atoms with Crippen LogP contribution >= 0.6 is 0 Å². The minimum absolute atomic E-state index is 0.749. The molecule has 0 spiro atoms. The minimum atomic E-state index is 0.749. The van der Waals surface area contributed by atoms with E-state index in [1.807, 2.05) is 28.8 Å². The molecule has 0 saturated heterocycles. The molecular weight excluding hydrogens is 188 g/mol. The molecule has 1 heterocycles. The number of nitrogens with zero attached hydrogens (tertiary/aromatic N) is 3. The Labute approximate surface area is 88.8 Å². The van der Waals surface area contributed by atoms with E-state index >= 15 is 0 Å². The number of nitrogens with two attached hydrogens (primary N) is 1. The molecule has 2 rings (SSSR count). The van der Waals surface area contributed by atoms with E-state index < -0.39 is 0 Å². The van der Waals surface area contributed by atoms with Crippen LogP contribution in [-0.2, 0) is 6.54 Å². The molecule has 0 aliphatic carbocycles.